The zero-order valence-corrected chi connectivity index (χ0v) is 26.2. The molecule has 3 aromatic heterocycles. The van der Waals surface area contributed by atoms with Gasteiger partial charge < -0.3 is 30.7 Å². The van der Waals surface area contributed by atoms with Crippen LogP contribution in [-0.4, -0.2) is 71.3 Å². The molecule has 0 amide bonds. The number of nitrogen functional groups attached to an aromatic ring is 2. The highest BCUT2D eigenvalue weighted by molar-refractivity contribution is 7.23. The first-order valence-electron chi connectivity index (χ1n) is 13.8. The number of nitriles is 1. The number of rotatable bonds is 7. The predicted molar refractivity (Wildman–Crippen MR) is 170 cm³/mol. The van der Waals surface area contributed by atoms with Crippen molar-refractivity contribution >= 4 is 60.6 Å². The van der Waals surface area contributed by atoms with Gasteiger partial charge in [0.05, 0.1) is 40.6 Å². The van der Waals surface area contributed by atoms with Crippen LogP contribution in [0, 0.1) is 23.0 Å². The standard InChI is InChI=1S/C30H28ClF2N9O2S/c1-13(17-9-37-12-38-27(17)35)42(4)29-15-7-18(31)23(14-5-6-19(32)26-22(14)16(8-34)28(36)45-26)24(33)25(15)39-30(40-29)44-21-11-43-10-20(21)41(2)3/h5-7,9,12-13,20-21H,10-11,36H2,1-4H3,(H2,35,37,38)/t13-,20-,21-/m1/s1. The first-order valence-corrected chi connectivity index (χ1v) is 15.0. The molecule has 4 N–H and O–H groups in total. The summed E-state index contributed by atoms with van der Waals surface area (Å²) in [6.07, 6.45) is 2.53. The molecule has 232 valence electrons. The maximum Gasteiger partial charge on any atom is 0.319 e. The van der Waals surface area contributed by atoms with Crippen molar-refractivity contribution < 1.29 is 18.3 Å². The molecule has 1 aliphatic heterocycles. The van der Waals surface area contributed by atoms with E-state index in [1.165, 1.54) is 18.5 Å². The quantitative estimate of drug-likeness (QED) is 0.240. The molecule has 3 atom stereocenters. The fourth-order valence-corrected chi connectivity index (χ4v) is 6.80. The van der Waals surface area contributed by atoms with Gasteiger partial charge in [0.15, 0.2) is 5.82 Å². The van der Waals surface area contributed by atoms with Crippen molar-refractivity contribution in [3.05, 3.63) is 58.5 Å². The third-order valence-electron chi connectivity index (χ3n) is 8.10. The van der Waals surface area contributed by atoms with E-state index in [2.05, 4.69) is 15.0 Å². The largest absolute Gasteiger partial charge is 0.456 e. The van der Waals surface area contributed by atoms with Crippen molar-refractivity contribution in [1.82, 2.24) is 24.8 Å². The summed E-state index contributed by atoms with van der Waals surface area (Å²) < 4.78 is 43.7. The summed E-state index contributed by atoms with van der Waals surface area (Å²) in [6, 6.07) is 5.55. The average molecular weight is 652 g/mol. The summed E-state index contributed by atoms with van der Waals surface area (Å²) in [4.78, 5) is 21.2. The molecule has 0 spiro atoms. The van der Waals surface area contributed by atoms with Gasteiger partial charge in [-0.1, -0.05) is 17.7 Å². The SMILES string of the molecule is C[C@H](c1cncnc1N)N(C)c1nc(O[C@@H]2COC[C@H]2N(C)C)nc2c(F)c(-c3ccc(F)c4sc(N)c(C#N)c34)c(Cl)cc12. The second kappa shape index (κ2) is 11.8. The normalized spacial score (nSPS) is 17.2. The summed E-state index contributed by atoms with van der Waals surface area (Å²) in [5.74, 6) is -0.798. The summed E-state index contributed by atoms with van der Waals surface area (Å²) in [7, 11) is 5.59. The molecule has 0 bridgehead atoms. The molecule has 15 heteroatoms. The molecule has 6 rings (SSSR count). The Bertz CT molecular complexity index is 2000. The lowest BCUT2D eigenvalue weighted by molar-refractivity contribution is 0.117. The second-order valence-corrected chi connectivity index (χ2v) is 12.4. The van der Waals surface area contributed by atoms with Gasteiger partial charge in [0.2, 0.25) is 0 Å². The number of ether oxygens (including phenoxy) is 2. The number of thiophene rings is 1. The molecular formula is C30H28ClF2N9O2S. The lowest BCUT2D eigenvalue weighted by Crippen LogP contribution is -2.41. The molecule has 1 fully saturated rings. The first kappa shape index (κ1) is 30.6. The Labute approximate surface area is 266 Å². The van der Waals surface area contributed by atoms with E-state index in [1.54, 1.807) is 24.2 Å². The lowest BCUT2D eigenvalue weighted by Gasteiger charge is -2.29. The van der Waals surface area contributed by atoms with Crippen molar-refractivity contribution in [1.29, 1.82) is 5.26 Å². The molecule has 2 aromatic carbocycles. The topological polar surface area (TPSA) is 152 Å². The Kier molecular flexibility index (Phi) is 8.04. The van der Waals surface area contributed by atoms with Crippen LogP contribution in [0.25, 0.3) is 32.1 Å². The summed E-state index contributed by atoms with van der Waals surface area (Å²) in [5, 5.41) is 10.4. The second-order valence-electron chi connectivity index (χ2n) is 10.9. The third-order valence-corrected chi connectivity index (χ3v) is 9.42. The number of likely N-dealkylation sites (N-methyl/N-ethyl adjacent to an activating group) is 1. The lowest BCUT2D eigenvalue weighted by atomic mass is 9.97. The molecule has 0 saturated carbocycles. The van der Waals surface area contributed by atoms with Gasteiger partial charge in [0.25, 0.3) is 0 Å². The minimum Gasteiger partial charge on any atom is -0.456 e. The number of hydrogen-bond donors (Lipinski definition) is 2. The highest BCUT2D eigenvalue weighted by atomic mass is 35.5. The molecule has 1 aliphatic rings. The molecule has 11 nitrogen and oxygen atoms in total. The van der Waals surface area contributed by atoms with Gasteiger partial charge in [-0.05, 0) is 38.7 Å². The van der Waals surface area contributed by atoms with E-state index in [0.29, 0.717) is 24.6 Å². The number of anilines is 3. The van der Waals surface area contributed by atoms with E-state index >= 15 is 4.39 Å². The number of benzene rings is 2. The average Bonchev–Trinajstić information content (AvgIpc) is 3.62. The van der Waals surface area contributed by atoms with Crippen molar-refractivity contribution in [2.45, 2.75) is 25.1 Å². The van der Waals surface area contributed by atoms with Gasteiger partial charge in [0, 0.05) is 35.1 Å². The Hall–Kier alpha value is -4.42. The smallest absolute Gasteiger partial charge is 0.319 e. The van der Waals surface area contributed by atoms with Gasteiger partial charge in [-0.15, -0.1) is 11.3 Å². The maximum absolute atomic E-state index is 16.9. The summed E-state index contributed by atoms with van der Waals surface area (Å²) in [5.41, 5.74) is 12.9. The van der Waals surface area contributed by atoms with E-state index in [4.69, 9.17) is 37.5 Å². The van der Waals surface area contributed by atoms with Crippen molar-refractivity contribution in [3.8, 4) is 23.2 Å². The Balaban J connectivity index is 1.59. The van der Waals surface area contributed by atoms with E-state index in [9.17, 15) is 9.65 Å². The first-order chi connectivity index (χ1) is 21.5. The van der Waals surface area contributed by atoms with Crippen LogP contribution in [0.15, 0.2) is 30.7 Å². The summed E-state index contributed by atoms with van der Waals surface area (Å²) >= 11 is 7.71. The molecule has 4 heterocycles. The van der Waals surface area contributed by atoms with Crippen LogP contribution in [0.1, 0.15) is 24.1 Å². The molecular weight excluding hydrogens is 624 g/mol. The number of halogens is 3. The molecule has 5 aromatic rings. The van der Waals surface area contributed by atoms with Gasteiger partial charge in [-0.2, -0.15) is 15.2 Å². The number of fused-ring (bicyclic) bond motifs is 2. The monoisotopic (exact) mass is 651 g/mol. The van der Waals surface area contributed by atoms with Gasteiger partial charge in [0.1, 0.15) is 46.5 Å². The Morgan fingerprint density at radius 3 is 2.69 bits per heavy atom. The van der Waals surface area contributed by atoms with E-state index < -0.39 is 23.8 Å². The van der Waals surface area contributed by atoms with Crippen molar-refractivity contribution in [2.24, 2.45) is 0 Å². The van der Waals surface area contributed by atoms with Gasteiger partial charge >= 0.3 is 6.01 Å². The molecule has 45 heavy (non-hydrogen) atoms. The highest BCUT2D eigenvalue weighted by Gasteiger charge is 2.34. The van der Waals surface area contributed by atoms with Crippen LogP contribution < -0.4 is 21.1 Å². The van der Waals surface area contributed by atoms with Crippen LogP contribution in [0.2, 0.25) is 5.02 Å². The van der Waals surface area contributed by atoms with Crippen LogP contribution in [0.4, 0.5) is 25.4 Å². The van der Waals surface area contributed by atoms with Crippen molar-refractivity contribution in [2.75, 3.05) is 50.7 Å². The van der Waals surface area contributed by atoms with Crippen molar-refractivity contribution in [3.63, 3.8) is 0 Å². The molecule has 0 radical (unpaired) electrons. The van der Waals surface area contributed by atoms with Crippen LogP contribution in [0.3, 0.4) is 0 Å². The molecule has 0 aliphatic carbocycles. The molecule has 0 unspecified atom stereocenters. The zero-order chi connectivity index (χ0) is 32.2. The minimum absolute atomic E-state index is 0.000522. The van der Waals surface area contributed by atoms with Gasteiger partial charge in [-0.3, -0.25) is 0 Å². The van der Waals surface area contributed by atoms with Crippen LogP contribution >= 0.6 is 22.9 Å². The number of hydrogen-bond acceptors (Lipinski definition) is 12. The van der Waals surface area contributed by atoms with Crippen LogP contribution in [-0.2, 0) is 4.74 Å². The van der Waals surface area contributed by atoms with E-state index in [1.807, 2.05) is 32.0 Å². The number of nitrogens with two attached hydrogens (primary N) is 2. The zero-order valence-electron chi connectivity index (χ0n) is 24.7. The number of aromatic nitrogens is 4. The Morgan fingerprint density at radius 1 is 1.20 bits per heavy atom. The minimum atomic E-state index is -0.803. The maximum atomic E-state index is 16.9. The molecule has 1 saturated heterocycles. The van der Waals surface area contributed by atoms with Gasteiger partial charge in [-0.25, -0.2) is 18.7 Å². The third kappa shape index (κ3) is 5.21. The predicted octanol–water partition coefficient (Wildman–Crippen LogP) is 5.17. The highest BCUT2D eigenvalue weighted by Crippen LogP contribution is 2.46. The van der Waals surface area contributed by atoms with Crippen LogP contribution in [0.5, 0.6) is 6.01 Å². The van der Waals surface area contributed by atoms with E-state index in [0.717, 1.165) is 11.3 Å². The summed E-state index contributed by atoms with van der Waals surface area (Å²) in [6.45, 7) is 2.62. The fraction of sp³-hybridized carbons (Fsp3) is 0.300. The van der Waals surface area contributed by atoms with E-state index in [-0.39, 0.29) is 65.6 Å². The number of nitrogens with zero attached hydrogens (tertiary/aromatic N) is 7. The fourth-order valence-electron chi connectivity index (χ4n) is 5.55. The Morgan fingerprint density at radius 2 is 1.98 bits per heavy atom.